The molecule has 0 aliphatic heterocycles. The van der Waals surface area contributed by atoms with Crippen molar-refractivity contribution in [1.29, 1.82) is 0 Å². The summed E-state index contributed by atoms with van der Waals surface area (Å²) in [5.74, 6) is 0. The average Bonchev–Trinajstić information content (AvgIpc) is 3.34. The molecule has 0 saturated heterocycles. The molecule has 0 nitrogen and oxygen atoms in total. The van der Waals surface area contributed by atoms with Gasteiger partial charge in [-0.25, -0.2) is 0 Å². The maximum Gasteiger partial charge on any atom is -0.0809 e. The van der Waals surface area contributed by atoms with E-state index in [0.717, 1.165) is 6.42 Å². The van der Waals surface area contributed by atoms with Gasteiger partial charge in [-0.05, 0) is 0 Å². The van der Waals surface area contributed by atoms with Gasteiger partial charge >= 0.3 is 30.2 Å². The quantitative estimate of drug-likeness (QED) is 0.190. The summed E-state index contributed by atoms with van der Waals surface area (Å²) >= 11 is 1.36. The van der Waals surface area contributed by atoms with E-state index >= 15 is 0 Å². The number of fused-ring (bicyclic) bond motifs is 2. The molecule has 28 heavy (non-hydrogen) atoms. The number of hydrogen-bond donors (Lipinski definition) is 0. The van der Waals surface area contributed by atoms with Gasteiger partial charge < -0.3 is 14.4 Å². The van der Waals surface area contributed by atoms with Crippen LogP contribution in [0.15, 0.2) is 84.9 Å². The third-order valence-electron chi connectivity index (χ3n) is 3.70. The van der Waals surface area contributed by atoms with Crippen LogP contribution in [0, 0.1) is 14.4 Å². The minimum absolute atomic E-state index is 0. The summed E-state index contributed by atoms with van der Waals surface area (Å²) in [7, 11) is 0. The predicted octanol–water partition coefficient (Wildman–Crippen LogP) is 8.04. The molecule has 0 spiro atoms. The largest absolute Gasteiger partial charge is 0.168 e. The Morgan fingerprint density at radius 3 is 1.46 bits per heavy atom. The molecule has 0 saturated carbocycles. The molecule has 0 bridgehead atoms. The molecular weight excluding hydrogens is 478 g/mol. The zero-order valence-electron chi connectivity index (χ0n) is 16.7. The first kappa shape index (κ1) is 32.0. The Morgan fingerprint density at radius 1 is 0.786 bits per heavy atom. The van der Waals surface area contributed by atoms with Crippen molar-refractivity contribution in [3.63, 3.8) is 0 Å². The van der Waals surface area contributed by atoms with Gasteiger partial charge in [-0.1, -0.05) is 31.9 Å². The van der Waals surface area contributed by atoms with E-state index in [1.165, 1.54) is 57.7 Å². The van der Waals surface area contributed by atoms with Crippen molar-refractivity contribution in [3.8, 4) is 0 Å². The van der Waals surface area contributed by atoms with Crippen LogP contribution in [0.2, 0.25) is 0 Å². The number of benzene rings is 2. The summed E-state index contributed by atoms with van der Waals surface area (Å²) in [5.41, 5.74) is 0. The van der Waals surface area contributed by atoms with Gasteiger partial charge in [0.25, 0.3) is 0 Å². The standard InChI is InChI=1S/2C9H7.C5H11.CH3.2ClH.Si.Zr/c2*1-2-5-9-7-3-6-8(9)4-1;1-3-5-4-2;;;;;/h2*1-7H;1,3-5H2,2H3;1H3;2*1H;;/q4*-1;;;;. The van der Waals surface area contributed by atoms with E-state index in [-0.39, 0.29) is 32.2 Å². The first-order valence-corrected chi connectivity index (χ1v) is 12.8. The number of unbranched alkanes of at least 4 members (excludes halogenated alkanes) is 2. The van der Waals surface area contributed by atoms with Crippen molar-refractivity contribution in [2.45, 2.75) is 26.2 Å². The number of halogens is 2. The van der Waals surface area contributed by atoms with Crippen LogP contribution in [0.1, 0.15) is 26.2 Å². The van der Waals surface area contributed by atoms with Crippen LogP contribution in [0.3, 0.4) is 0 Å². The molecule has 0 aromatic heterocycles. The summed E-state index contributed by atoms with van der Waals surface area (Å²) < 4.78 is 0. The van der Waals surface area contributed by atoms with Crippen molar-refractivity contribution in [3.05, 3.63) is 99.3 Å². The molecule has 2 radical (unpaired) electrons. The molecule has 0 heterocycles. The van der Waals surface area contributed by atoms with Crippen molar-refractivity contribution in [2.24, 2.45) is 0 Å². The predicted molar refractivity (Wildman–Crippen MR) is 131 cm³/mol. The minimum Gasteiger partial charge on any atom is -0.168 e. The molecule has 0 unspecified atom stereocenters. The van der Waals surface area contributed by atoms with Gasteiger partial charge in [0.1, 0.15) is 0 Å². The van der Waals surface area contributed by atoms with Crippen LogP contribution >= 0.6 is 24.8 Å². The summed E-state index contributed by atoms with van der Waals surface area (Å²) in [5, 5.41) is 5.32. The normalized spacial score (nSPS) is 8.18. The van der Waals surface area contributed by atoms with Gasteiger partial charge in [-0.2, -0.15) is 41.5 Å². The number of rotatable bonds is 2. The van der Waals surface area contributed by atoms with E-state index in [4.69, 9.17) is 0 Å². The van der Waals surface area contributed by atoms with E-state index in [0.29, 0.717) is 0 Å². The molecule has 0 amide bonds. The molecule has 0 N–H and O–H groups in total. The average molecular weight is 509 g/mol. The maximum atomic E-state index is 3.68. The molecule has 4 rings (SSSR count). The van der Waals surface area contributed by atoms with Crippen LogP contribution in [0.4, 0.5) is 0 Å². The summed E-state index contributed by atoms with van der Waals surface area (Å²) in [4.78, 5) is 0. The molecule has 4 aromatic carbocycles. The van der Waals surface area contributed by atoms with Gasteiger partial charge in [0.2, 0.25) is 0 Å². The van der Waals surface area contributed by atoms with Gasteiger partial charge in [-0.15, -0.1) is 84.1 Å². The Hall–Kier alpha value is -0.660. The van der Waals surface area contributed by atoms with E-state index < -0.39 is 0 Å². The number of hydrogen-bond acceptors (Lipinski definition) is 0. The molecule has 4 aromatic rings. The Kier molecular flexibility index (Phi) is 24.1. The van der Waals surface area contributed by atoms with Crippen LogP contribution in [-0.4, -0.2) is 6.88 Å². The van der Waals surface area contributed by atoms with Gasteiger partial charge in [-0.3, -0.25) is 0 Å². The molecule has 0 atom stereocenters. The van der Waals surface area contributed by atoms with Crippen molar-refractivity contribution in [2.75, 3.05) is 0 Å². The topological polar surface area (TPSA) is 0 Å². The molecule has 0 aliphatic rings. The summed E-state index contributed by atoms with van der Waals surface area (Å²) in [6.07, 6.45) is 3.65. The van der Waals surface area contributed by atoms with E-state index in [9.17, 15) is 0 Å². The van der Waals surface area contributed by atoms with Crippen LogP contribution in [0.5, 0.6) is 0 Å². The third-order valence-corrected chi connectivity index (χ3v) is 3.70. The van der Waals surface area contributed by atoms with E-state index in [1.54, 1.807) is 0 Å². The SMILES string of the molecule is Cl.Cl.[CH2-]CCCC.[CH3-].[Si]=[Zr].c1ccc2[cH-]ccc2c1.c1ccc2[cH-]ccc2c1. The van der Waals surface area contributed by atoms with Crippen LogP contribution in [0.25, 0.3) is 21.5 Å². The van der Waals surface area contributed by atoms with Crippen molar-refractivity contribution < 1.29 is 23.3 Å². The van der Waals surface area contributed by atoms with Gasteiger partial charge in [0, 0.05) is 0 Å². The fourth-order valence-corrected chi connectivity index (χ4v) is 2.39. The summed E-state index contributed by atoms with van der Waals surface area (Å²) in [6.45, 7) is 8.91. The van der Waals surface area contributed by atoms with E-state index in [1.807, 2.05) is 0 Å². The second-order valence-corrected chi connectivity index (χ2v) is 5.52. The smallest absolute Gasteiger partial charge is 0.0809 e. The maximum absolute atomic E-state index is 3.68. The zero-order valence-corrected chi connectivity index (χ0v) is 21.8. The third kappa shape index (κ3) is 12.0. The summed E-state index contributed by atoms with van der Waals surface area (Å²) in [6, 6.07) is 29.3. The first-order chi connectivity index (χ1) is 12.3. The fourth-order valence-electron chi connectivity index (χ4n) is 2.39. The minimum atomic E-state index is 0. The Labute approximate surface area is 200 Å². The first-order valence-electron chi connectivity index (χ1n) is 8.60. The monoisotopic (exact) mass is 506 g/mol. The van der Waals surface area contributed by atoms with Gasteiger partial charge in [0.15, 0.2) is 0 Å². The molecular formula is C24H30Cl2SiZr-4. The molecule has 0 aliphatic carbocycles. The second-order valence-electron chi connectivity index (χ2n) is 5.52. The Balaban J connectivity index is -0.000000316. The van der Waals surface area contributed by atoms with Crippen molar-refractivity contribution in [1.82, 2.24) is 0 Å². The van der Waals surface area contributed by atoms with Crippen LogP contribution in [-0.2, 0) is 23.3 Å². The second kappa shape index (κ2) is 21.1. The molecule has 4 heteroatoms. The molecule has 0 fully saturated rings. The van der Waals surface area contributed by atoms with Gasteiger partial charge in [0.05, 0.1) is 0 Å². The van der Waals surface area contributed by atoms with Crippen LogP contribution < -0.4 is 0 Å². The molecule has 152 valence electrons. The zero-order chi connectivity index (χ0) is 18.3. The Bertz CT molecular complexity index is 695. The fraction of sp³-hybridized carbons (Fsp3) is 0.167. The van der Waals surface area contributed by atoms with E-state index in [2.05, 4.69) is 106 Å². The van der Waals surface area contributed by atoms with Crippen molar-refractivity contribution >= 4 is 53.2 Å². The Morgan fingerprint density at radius 2 is 1.18 bits per heavy atom.